The van der Waals surface area contributed by atoms with Gasteiger partial charge in [-0.25, -0.2) is 4.79 Å². The smallest absolute Gasteiger partial charge is 0.337 e. The Bertz CT molecular complexity index is 999. The minimum absolute atomic E-state index is 0.0380. The zero-order chi connectivity index (χ0) is 24.1. The monoisotopic (exact) mass is 464 g/mol. The van der Waals surface area contributed by atoms with E-state index < -0.39 is 12.0 Å². The van der Waals surface area contributed by atoms with Crippen molar-refractivity contribution in [2.24, 2.45) is 11.8 Å². The van der Waals surface area contributed by atoms with E-state index in [1.165, 1.54) is 7.11 Å². The summed E-state index contributed by atoms with van der Waals surface area (Å²) >= 11 is 0. The van der Waals surface area contributed by atoms with Gasteiger partial charge in [-0.3, -0.25) is 9.59 Å². The molecule has 2 atom stereocenters. The summed E-state index contributed by atoms with van der Waals surface area (Å²) in [6.07, 6.45) is 3.90. The van der Waals surface area contributed by atoms with Crippen molar-refractivity contribution in [3.8, 4) is 0 Å². The summed E-state index contributed by atoms with van der Waals surface area (Å²) in [7, 11) is 1.32. The zero-order valence-electron chi connectivity index (χ0n) is 19.5. The number of carbonyl (C=O) groups is 3. The summed E-state index contributed by atoms with van der Waals surface area (Å²) in [6.45, 7) is 0.707. The van der Waals surface area contributed by atoms with E-state index in [-0.39, 0.29) is 36.2 Å². The Morgan fingerprint density at radius 3 is 2.26 bits per heavy atom. The predicted octanol–water partition coefficient (Wildman–Crippen LogP) is 3.60. The molecule has 1 saturated heterocycles. The van der Waals surface area contributed by atoms with E-state index in [1.54, 1.807) is 29.2 Å². The number of anilines is 1. The second-order valence-electron chi connectivity index (χ2n) is 9.24. The maximum Gasteiger partial charge on any atom is 0.337 e. The topological polar surface area (TPSA) is 95.9 Å². The standard InChI is InChI=1S/C27H32N2O5/c1-34-27(33)21-11-13-22(14-12-21)28-25(31)24-23(19-5-3-2-4-6-19)15-16-29(24)26(32)20-9-7-18(17-30)8-10-20/h2-6,11-14,18,20,23-24,30H,7-10,15-17H2,1H3,(H,28,31)/t18?,20?,23-,24-/m0/s1. The number of ether oxygens (including phenoxy) is 1. The van der Waals surface area contributed by atoms with Crippen LogP contribution in [-0.4, -0.2) is 54.1 Å². The molecule has 1 heterocycles. The van der Waals surface area contributed by atoms with Crippen LogP contribution in [-0.2, 0) is 14.3 Å². The molecule has 0 unspecified atom stereocenters. The highest BCUT2D eigenvalue weighted by atomic mass is 16.5. The number of nitrogens with zero attached hydrogens (tertiary/aromatic N) is 1. The number of rotatable bonds is 6. The molecule has 2 N–H and O–H groups in total. The van der Waals surface area contributed by atoms with Gasteiger partial charge < -0.3 is 20.1 Å². The van der Waals surface area contributed by atoms with Crippen LogP contribution in [0.5, 0.6) is 0 Å². The first-order valence-electron chi connectivity index (χ1n) is 12.0. The summed E-state index contributed by atoms with van der Waals surface area (Å²) in [5.74, 6) is -0.553. The van der Waals surface area contributed by atoms with E-state index in [0.29, 0.717) is 17.8 Å². The van der Waals surface area contributed by atoms with Crippen LogP contribution >= 0.6 is 0 Å². The number of esters is 1. The Hall–Kier alpha value is -3.19. The molecule has 0 spiro atoms. The molecule has 2 amide bonds. The van der Waals surface area contributed by atoms with Crippen molar-refractivity contribution in [2.45, 2.75) is 44.1 Å². The Morgan fingerprint density at radius 1 is 0.971 bits per heavy atom. The molecule has 7 heteroatoms. The third kappa shape index (κ3) is 5.14. The van der Waals surface area contributed by atoms with Gasteiger partial charge in [0.15, 0.2) is 0 Å². The molecule has 2 aromatic carbocycles. The summed E-state index contributed by atoms with van der Waals surface area (Å²) < 4.78 is 4.73. The Morgan fingerprint density at radius 2 is 1.65 bits per heavy atom. The van der Waals surface area contributed by atoms with Gasteiger partial charge in [-0.1, -0.05) is 30.3 Å². The van der Waals surface area contributed by atoms with E-state index in [9.17, 15) is 19.5 Å². The van der Waals surface area contributed by atoms with Gasteiger partial charge in [-0.15, -0.1) is 0 Å². The van der Waals surface area contributed by atoms with Gasteiger partial charge in [0.25, 0.3) is 0 Å². The van der Waals surface area contributed by atoms with Crippen molar-refractivity contribution in [3.63, 3.8) is 0 Å². The number of hydrogen-bond donors (Lipinski definition) is 2. The van der Waals surface area contributed by atoms with E-state index in [4.69, 9.17) is 4.74 Å². The van der Waals surface area contributed by atoms with Gasteiger partial charge >= 0.3 is 5.97 Å². The van der Waals surface area contributed by atoms with Crippen LogP contribution in [0.4, 0.5) is 5.69 Å². The van der Waals surface area contributed by atoms with Gasteiger partial charge in [0.05, 0.1) is 12.7 Å². The first-order valence-corrected chi connectivity index (χ1v) is 12.0. The minimum atomic E-state index is -0.606. The first-order chi connectivity index (χ1) is 16.5. The van der Waals surface area contributed by atoms with Gasteiger partial charge in [-0.2, -0.15) is 0 Å². The van der Waals surface area contributed by atoms with Crippen molar-refractivity contribution in [1.29, 1.82) is 0 Å². The predicted molar refractivity (Wildman–Crippen MR) is 128 cm³/mol. The van der Waals surface area contributed by atoms with Gasteiger partial charge in [0, 0.05) is 30.7 Å². The fraction of sp³-hybridized carbons (Fsp3) is 0.444. The van der Waals surface area contributed by atoms with Crippen LogP contribution < -0.4 is 5.32 Å². The molecule has 2 aliphatic rings. The largest absolute Gasteiger partial charge is 0.465 e. The molecular weight excluding hydrogens is 432 g/mol. The number of carbonyl (C=O) groups excluding carboxylic acids is 3. The average molecular weight is 465 g/mol. The number of nitrogens with one attached hydrogen (secondary N) is 1. The molecule has 180 valence electrons. The minimum Gasteiger partial charge on any atom is -0.465 e. The van der Waals surface area contributed by atoms with Crippen LogP contribution in [0.1, 0.15) is 53.9 Å². The van der Waals surface area contributed by atoms with Crippen molar-refractivity contribution < 1.29 is 24.2 Å². The van der Waals surface area contributed by atoms with Crippen molar-refractivity contribution in [2.75, 3.05) is 25.6 Å². The molecule has 1 saturated carbocycles. The van der Waals surface area contributed by atoms with Crippen LogP contribution in [0.15, 0.2) is 54.6 Å². The maximum atomic E-state index is 13.5. The lowest BCUT2D eigenvalue weighted by Crippen LogP contribution is -2.48. The highest BCUT2D eigenvalue weighted by molar-refractivity contribution is 5.99. The molecule has 7 nitrogen and oxygen atoms in total. The number of benzene rings is 2. The third-order valence-corrected chi connectivity index (χ3v) is 7.21. The molecule has 34 heavy (non-hydrogen) atoms. The molecule has 0 bridgehead atoms. The SMILES string of the molecule is COC(=O)c1ccc(NC(=O)[C@@H]2[C@H](c3ccccc3)CCN2C(=O)C2CCC(CO)CC2)cc1. The molecule has 1 aliphatic carbocycles. The Balaban J connectivity index is 1.54. The molecule has 0 radical (unpaired) electrons. The van der Waals surface area contributed by atoms with Crippen LogP contribution in [0.2, 0.25) is 0 Å². The van der Waals surface area contributed by atoms with Crippen LogP contribution in [0.25, 0.3) is 0 Å². The summed E-state index contributed by atoms with van der Waals surface area (Å²) in [5.41, 5.74) is 2.01. The molecule has 4 rings (SSSR count). The van der Waals surface area contributed by atoms with Crippen molar-refractivity contribution in [3.05, 3.63) is 65.7 Å². The molecule has 2 aromatic rings. The van der Waals surface area contributed by atoms with E-state index in [2.05, 4.69) is 5.32 Å². The lowest BCUT2D eigenvalue weighted by molar-refractivity contribution is -0.141. The molecule has 2 fully saturated rings. The quantitative estimate of drug-likeness (QED) is 0.637. The van der Waals surface area contributed by atoms with Crippen LogP contribution in [0, 0.1) is 11.8 Å². The molecular formula is C27H32N2O5. The average Bonchev–Trinajstić information content (AvgIpc) is 3.34. The van der Waals surface area contributed by atoms with Crippen molar-refractivity contribution >= 4 is 23.5 Å². The number of aliphatic hydroxyl groups is 1. The molecule has 1 aliphatic heterocycles. The van der Waals surface area contributed by atoms with Gasteiger partial charge in [0.1, 0.15) is 6.04 Å². The van der Waals surface area contributed by atoms with Crippen LogP contribution in [0.3, 0.4) is 0 Å². The zero-order valence-corrected chi connectivity index (χ0v) is 19.5. The number of hydrogen-bond acceptors (Lipinski definition) is 5. The number of methoxy groups -OCH3 is 1. The lowest BCUT2D eigenvalue weighted by atomic mass is 9.81. The van der Waals surface area contributed by atoms with Crippen molar-refractivity contribution in [1.82, 2.24) is 4.90 Å². The van der Waals surface area contributed by atoms with Gasteiger partial charge in [-0.05, 0) is 67.9 Å². The van der Waals surface area contributed by atoms with E-state index in [1.807, 2.05) is 30.3 Å². The number of amides is 2. The third-order valence-electron chi connectivity index (χ3n) is 7.21. The number of likely N-dealkylation sites (tertiary alicyclic amines) is 1. The fourth-order valence-electron chi connectivity index (χ4n) is 5.26. The van der Waals surface area contributed by atoms with E-state index >= 15 is 0 Å². The Labute approximate surface area is 200 Å². The second-order valence-corrected chi connectivity index (χ2v) is 9.24. The van der Waals surface area contributed by atoms with E-state index in [0.717, 1.165) is 37.7 Å². The number of aliphatic hydroxyl groups excluding tert-OH is 1. The summed E-state index contributed by atoms with van der Waals surface area (Å²) in [4.78, 5) is 40.5. The summed E-state index contributed by atoms with van der Waals surface area (Å²) in [6, 6.07) is 15.8. The normalized spacial score (nSPS) is 24.5. The summed E-state index contributed by atoms with van der Waals surface area (Å²) in [5, 5.41) is 12.4. The highest BCUT2D eigenvalue weighted by Gasteiger charge is 2.44. The molecule has 0 aromatic heterocycles. The van der Waals surface area contributed by atoms with Gasteiger partial charge in [0.2, 0.25) is 11.8 Å². The lowest BCUT2D eigenvalue weighted by Gasteiger charge is -2.33. The highest BCUT2D eigenvalue weighted by Crippen LogP contribution is 2.37. The maximum absolute atomic E-state index is 13.5. The first kappa shape index (κ1) is 24.0. The fourth-order valence-corrected chi connectivity index (χ4v) is 5.26. The Kier molecular flexibility index (Phi) is 7.63. The second kappa shape index (κ2) is 10.8.